The summed E-state index contributed by atoms with van der Waals surface area (Å²) >= 11 is 0. The third-order valence-corrected chi connectivity index (χ3v) is 4.52. The minimum atomic E-state index is 0. The molecule has 1 heterocycles. The first-order valence-corrected chi connectivity index (χ1v) is 7.57. The van der Waals surface area contributed by atoms with Crippen LogP contribution in [0, 0.1) is 5.41 Å². The zero-order valence-corrected chi connectivity index (χ0v) is 14.9. The van der Waals surface area contributed by atoms with E-state index in [1.807, 2.05) is 28.9 Å². The topological polar surface area (TPSA) is 64.2 Å². The van der Waals surface area contributed by atoms with Gasteiger partial charge < -0.3 is 10.6 Å². The van der Waals surface area contributed by atoms with Gasteiger partial charge in [-0.15, -0.1) is 24.8 Å². The van der Waals surface area contributed by atoms with E-state index in [1.165, 1.54) is 19.3 Å². The molecule has 128 valence electrons. The summed E-state index contributed by atoms with van der Waals surface area (Å²) in [6.45, 7) is 2.07. The Morgan fingerprint density at radius 1 is 1.32 bits per heavy atom. The van der Waals surface area contributed by atoms with Crippen molar-refractivity contribution in [3.8, 4) is 0 Å². The Kier molecular flexibility index (Phi) is 9.72. The molecule has 1 fully saturated rings. The lowest BCUT2D eigenvalue weighted by atomic mass is 9.71. The maximum absolute atomic E-state index is 12.4. The van der Waals surface area contributed by atoms with Crippen molar-refractivity contribution < 1.29 is 4.79 Å². The molecule has 0 bridgehead atoms. The summed E-state index contributed by atoms with van der Waals surface area (Å²) < 4.78 is 1.85. The number of nitrogens with two attached hydrogens (primary N) is 1. The van der Waals surface area contributed by atoms with Crippen molar-refractivity contribution in [2.45, 2.75) is 45.1 Å². The fourth-order valence-electron chi connectivity index (χ4n) is 3.02. The van der Waals surface area contributed by atoms with Crippen LogP contribution in [0.4, 0.5) is 0 Å². The highest BCUT2D eigenvalue weighted by atomic mass is 35.5. The fourth-order valence-corrected chi connectivity index (χ4v) is 3.02. The second-order valence-corrected chi connectivity index (χ2v) is 6.03. The Morgan fingerprint density at radius 3 is 2.55 bits per heavy atom. The van der Waals surface area contributed by atoms with Gasteiger partial charge in [0.1, 0.15) is 0 Å². The first-order chi connectivity index (χ1) is 9.65. The molecule has 0 spiro atoms. The smallest absolute Gasteiger partial charge is 0.222 e. The van der Waals surface area contributed by atoms with Crippen molar-refractivity contribution in [1.29, 1.82) is 0 Å². The number of carbonyl (C=O) groups excluding carboxylic acids is 1. The SMILES string of the molecule is CN(CCn1cccn1)C(=O)CC1(CN)CCCCC1.Cl.Cl. The number of aromatic nitrogens is 2. The summed E-state index contributed by atoms with van der Waals surface area (Å²) in [5.74, 6) is 0.213. The number of hydrogen-bond acceptors (Lipinski definition) is 3. The van der Waals surface area contributed by atoms with E-state index in [2.05, 4.69) is 5.10 Å². The van der Waals surface area contributed by atoms with Crippen LogP contribution < -0.4 is 5.73 Å². The van der Waals surface area contributed by atoms with Gasteiger partial charge in [-0.2, -0.15) is 5.10 Å². The van der Waals surface area contributed by atoms with Crippen molar-refractivity contribution in [2.24, 2.45) is 11.1 Å². The molecule has 1 aliphatic rings. The molecule has 5 nitrogen and oxygen atoms in total. The Balaban J connectivity index is 0.00000220. The largest absolute Gasteiger partial charge is 0.344 e. The number of likely N-dealkylation sites (N-methyl/N-ethyl adjacent to an activating group) is 1. The summed E-state index contributed by atoms with van der Waals surface area (Å²) in [4.78, 5) is 14.2. The molecular formula is C15H28Cl2N4O. The van der Waals surface area contributed by atoms with E-state index in [9.17, 15) is 4.79 Å². The van der Waals surface area contributed by atoms with E-state index in [0.717, 1.165) is 19.4 Å². The molecule has 7 heteroatoms. The summed E-state index contributed by atoms with van der Waals surface area (Å²) in [6, 6.07) is 1.90. The van der Waals surface area contributed by atoms with Crippen LogP contribution in [-0.4, -0.2) is 40.7 Å². The molecule has 2 rings (SSSR count). The van der Waals surface area contributed by atoms with Crippen LogP contribution >= 0.6 is 24.8 Å². The van der Waals surface area contributed by atoms with Crippen molar-refractivity contribution in [3.63, 3.8) is 0 Å². The van der Waals surface area contributed by atoms with Gasteiger partial charge in [0, 0.05) is 32.4 Å². The summed E-state index contributed by atoms with van der Waals surface area (Å²) in [5.41, 5.74) is 6.00. The van der Waals surface area contributed by atoms with Gasteiger partial charge in [-0.3, -0.25) is 9.48 Å². The Hall–Kier alpha value is -0.780. The van der Waals surface area contributed by atoms with Crippen LogP contribution in [0.5, 0.6) is 0 Å². The molecule has 0 aromatic carbocycles. The standard InChI is InChI=1S/C15H26N4O.2ClH/c1-18(10-11-19-9-5-8-17-19)14(20)12-15(13-16)6-3-2-4-7-15;;/h5,8-9H,2-4,6-7,10-13,16H2,1H3;2*1H. The first-order valence-electron chi connectivity index (χ1n) is 7.57. The normalized spacial score (nSPS) is 16.3. The van der Waals surface area contributed by atoms with Gasteiger partial charge in [0.05, 0.1) is 6.54 Å². The monoisotopic (exact) mass is 350 g/mol. The lowest BCUT2D eigenvalue weighted by Crippen LogP contribution is -2.40. The summed E-state index contributed by atoms with van der Waals surface area (Å²) in [5, 5.41) is 4.15. The first kappa shape index (κ1) is 21.2. The van der Waals surface area contributed by atoms with Gasteiger partial charge in [-0.1, -0.05) is 19.3 Å². The highest BCUT2D eigenvalue weighted by Gasteiger charge is 2.33. The minimum absolute atomic E-state index is 0. The van der Waals surface area contributed by atoms with Crippen molar-refractivity contribution in [2.75, 3.05) is 20.1 Å². The summed E-state index contributed by atoms with van der Waals surface area (Å²) in [7, 11) is 1.87. The van der Waals surface area contributed by atoms with E-state index in [1.54, 1.807) is 6.20 Å². The molecule has 1 aliphatic carbocycles. The van der Waals surface area contributed by atoms with Crippen LogP contribution in [0.15, 0.2) is 18.5 Å². The zero-order chi connectivity index (χ0) is 14.4. The molecule has 22 heavy (non-hydrogen) atoms. The van der Waals surface area contributed by atoms with Gasteiger partial charge in [-0.05, 0) is 30.9 Å². The molecule has 0 unspecified atom stereocenters. The molecule has 1 aromatic heterocycles. The number of halogens is 2. The molecule has 1 amide bonds. The highest BCUT2D eigenvalue weighted by molar-refractivity contribution is 5.85. The molecule has 0 radical (unpaired) electrons. The van der Waals surface area contributed by atoms with Gasteiger partial charge in [-0.25, -0.2) is 0 Å². The van der Waals surface area contributed by atoms with Crippen molar-refractivity contribution in [1.82, 2.24) is 14.7 Å². The molecule has 0 aliphatic heterocycles. The van der Waals surface area contributed by atoms with Gasteiger partial charge >= 0.3 is 0 Å². The van der Waals surface area contributed by atoms with E-state index < -0.39 is 0 Å². The Labute approximate surface area is 145 Å². The van der Waals surface area contributed by atoms with Gasteiger partial charge in [0.15, 0.2) is 0 Å². The second kappa shape index (κ2) is 10.1. The average Bonchev–Trinajstić information content (AvgIpc) is 2.99. The summed E-state index contributed by atoms with van der Waals surface area (Å²) in [6.07, 6.45) is 10.2. The number of rotatable bonds is 6. The van der Waals surface area contributed by atoms with Crippen LogP contribution in [-0.2, 0) is 11.3 Å². The van der Waals surface area contributed by atoms with Gasteiger partial charge in [0.25, 0.3) is 0 Å². The predicted molar refractivity (Wildman–Crippen MR) is 93.5 cm³/mol. The zero-order valence-electron chi connectivity index (χ0n) is 13.2. The maximum atomic E-state index is 12.4. The Morgan fingerprint density at radius 2 is 2.00 bits per heavy atom. The molecule has 2 N–H and O–H groups in total. The number of hydrogen-bond donors (Lipinski definition) is 1. The average molecular weight is 351 g/mol. The van der Waals surface area contributed by atoms with Crippen molar-refractivity contribution in [3.05, 3.63) is 18.5 Å². The Bertz CT molecular complexity index is 419. The minimum Gasteiger partial charge on any atom is -0.344 e. The third kappa shape index (κ3) is 5.78. The van der Waals surface area contributed by atoms with Crippen molar-refractivity contribution >= 4 is 30.7 Å². The second-order valence-electron chi connectivity index (χ2n) is 6.03. The molecule has 1 saturated carbocycles. The molecular weight excluding hydrogens is 323 g/mol. The van der Waals surface area contributed by atoms with E-state index in [0.29, 0.717) is 19.5 Å². The van der Waals surface area contributed by atoms with E-state index in [4.69, 9.17) is 5.73 Å². The highest BCUT2D eigenvalue weighted by Crippen LogP contribution is 2.38. The quantitative estimate of drug-likeness (QED) is 0.856. The third-order valence-electron chi connectivity index (χ3n) is 4.52. The maximum Gasteiger partial charge on any atom is 0.222 e. The van der Waals surface area contributed by atoms with Crippen LogP contribution in [0.2, 0.25) is 0 Å². The van der Waals surface area contributed by atoms with Crippen LogP contribution in [0.25, 0.3) is 0 Å². The number of carbonyl (C=O) groups is 1. The van der Waals surface area contributed by atoms with Gasteiger partial charge in [0.2, 0.25) is 5.91 Å². The number of amides is 1. The predicted octanol–water partition coefficient (Wildman–Crippen LogP) is 2.48. The molecule has 0 atom stereocenters. The molecule has 0 saturated heterocycles. The van der Waals surface area contributed by atoms with E-state index in [-0.39, 0.29) is 36.1 Å². The number of nitrogens with zero attached hydrogens (tertiary/aromatic N) is 3. The molecule has 1 aromatic rings. The fraction of sp³-hybridized carbons (Fsp3) is 0.733. The lowest BCUT2D eigenvalue weighted by Gasteiger charge is -2.36. The lowest BCUT2D eigenvalue weighted by molar-refractivity contribution is -0.133. The van der Waals surface area contributed by atoms with E-state index >= 15 is 0 Å². The van der Waals surface area contributed by atoms with Crippen LogP contribution in [0.3, 0.4) is 0 Å². The van der Waals surface area contributed by atoms with Crippen LogP contribution in [0.1, 0.15) is 38.5 Å².